The first-order valence-electron chi connectivity index (χ1n) is 11.0. The predicted molar refractivity (Wildman–Crippen MR) is 141 cm³/mol. The van der Waals surface area contributed by atoms with Crippen LogP contribution in [0, 0.1) is 13.8 Å². The summed E-state index contributed by atoms with van der Waals surface area (Å²) in [5.41, 5.74) is 6.76. The summed E-state index contributed by atoms with van der Waals surface area (Å²) in [5, 5.41) is 4.62. The fourth-order valence-electron chi connectivity index (χ4n) is 3.98. The van der Waals surface area contributed by atoms with Gasteiger partial charge in [0.1, 0.15) is 18.1 Å². The lowest BCUT2D eigenvalue weighted by Crippen LogP contribution is -2.01. The Labute approximate surface area is 208 Å². The van der Waals surface area contributed by atoms with Crippen molar-refractivity contribution >= 4 is 40.4 Å². The summed E-state index contributed by atoms with van der Waals surface area (Å²) in [6, 6.07) is 25.8. The zero-order valence-electron chi connectivity index (χ0n) is 18.8. The molecule has 170 valence electrons. The third kappa shape index (κ3) is 4.35. The summed E-state index contributed by atoms with van der Waals surface area (Å²) < 4.78 is 8.21. The number of nitrogens with zero attached hydrogens (tertiary/aromatic N) is 2. The molecule has 0 aliphatic rings. The first-order chi connectivity index (χ1) is 16.5. The molecule has 34 heavy (non-hydrogen) atoms. The van der Waals surface area contributed by atoms with Crippen LogP contribution in [0.15, 0.2) is 85.1 Å². The number of aryl methyl sites for hydroxylation is 2. The summed E-state index contributed by atoms with van der Waals surface area (Å²) in [6.45, 7) is 4.63. The van der Waals surface area contributed by atoms with Gasteiger partial charge in [-0.25, -0.2) is 4.98 Å². The molecule has 0 bridgehead atoms. The SMILES string of the molecule is Cc1cccc(C)c1Nc1c(-c2ccc(Cl)c(Cl)c2)nc2c(OCc3ccccc3)cccn12. The normalized spacial score (nSPS) is 11.1. The quantitative estimate of drug-likeness (QED) is 0.262. The molecule has 0 atom stereocenters. The van der Waals surface area contributed by atoms with E-state index in [1.54, 1.807) is 6.07 Å². The Kier molecular flexibility index (Phi) is 6.18. The third-order valence-corrected chi connectivity index (χ3v) is 6.51. The van der Waals surface area contributed by atoms with Crippen LogP contribution in [-0.2, 0) is 6.61 Å². The van der Waals surface area contributed by atoms with E-state index in [9.17, 15) is 0 Å². The average Bonchev–Trinajstić information content (AvgIpc) is 3.21. The lowest BCUT2D eigenvalue weighted by Gasteiger charge is -2.14. The Morgan fingerprint density at radius 2 is 1.62 bits per heavy atom. The van der Waals surface area contributed by atoms with Crippen molar-refractivity contribution in [1.82, 2.24) is 9.38 Å². The average molecular weight is 488 g/mol. The van der Waals surface area contributed by atoms with E-state index in [1.807, 2.05) is 65.2 Å². The zero-order valence-corrected chi connectivity index (χ0v) is 20.4. The molecule has 0 radical (unpaired) electrons. The molecule has 0 spiro atoms. The largest absolute Gasteiger partial charge is 0.485 e. The van der Waals surface area contributed by atoms with Crippen molar-refractivity contribution in [3.05, 3.63) is 112 Å². The first-order valence-corrected chi connectivity index (χ1v) is 11.7. The second-order valence-corrected chi connectivity index (χ2v) is 8.98. The minimum Gasteiger partial charge on any atom is -0.485 e. The van der Waals surface area contributed by atoms with E-state index in [2.05, 4.69) is 37.4 Å². The first kappa shape index (κ1) is 22.3. The Balaban J connectivity index is 1.65. The molecular formula is C28H23Cl2N3O. The minimum atomic E-state index is 0.454. The number of halogens is 2. The van der Waals surface area contributed by atoms with Crippen LogP contribution >= 0.6 is 23.2 Å². The number of nitrogens with one attached hydrogen (secondary N) is 1. The fourth-order valence-corrected chi connectivity index (χ4v) is 4.28. The van der Waals surface area contributed by atoms with Gasteiger partial charge in [0.2, 0.25) is 0 Å². The zero-order chi connectivity index (χ0) is 23.7. The van der Waals surface area contributed by atoms with Gasteiger partial charge in [-0.2, -0.15) is 0 Å². The van der Waals surface area contributed by atoms with Crippen molar-refractivity contribution in [2.24, 2.45) is 0 Å². The van der Waals surface area contributed by atoms with Crippen LogP contribution in [0.25, 0.3) is 16.9 Å². The van der Waals surface area contributed by atoms with Crippen molar-refractivity contribution in [3.8, 4) is 17.0 Å². The van der Waals surface area contributed by atoms with Gasteiger partial charge in [0, 0.05) is 17.4 Å². The molecule has 3 aromatic carbocycles. The van der Waals surface area contributed by atoms with Gasteiger partial charge in [-0.1, -0.05) is 77.8 Å². The molecule has 1 N–H and O–H groups in total. The maximum absolute atomic E-state index is 6.36. The molecule has 5 rings (SSSR count). The van der Waals surface area contributed by atoms with Crippen molar-refractivity contribution in [1.29, 1.82) is 0 Å². The second-order valence-electron chi connectivity index (χ2n) is 8.17. The van der Waals surface area contributed by atoms with Crippen molar-refractivity contribution < 1.29 is 4.74 Å². The summed E-state index contributed by atoms with van der Waals surface area (Å²) in [4.78, 5) is 5.00. The molecule has 4 nitrogen and oxygen atoms in total. The highest BCUT2D eigenvalue weighted by atomic mass is 35.5. The molecule has 0 saturated carbocycles. The molecule has 0 fully saturated rings. The monoisotopic (exact) mass is 487 g/mol. The van der Waals surface area contributed by atoms with Crippen LogP contribution < -0.4 is 10.1 Å². The Hall–Kier alpha value is -3.47. The Bertz CT molecular complexity index is 1460. The van der Waals surface area contributed by atoms with Gasteiger partial charge in [0.05, 0.1) is 10.0 Å². The van der Waals surface area contributed by atoms with Crippen molar-refractivity contribution in [3.63, 3.8) is 0 Å². The van der Waals surface area contributed by atoms with Crippen LogP contribution in [0.5, 0.6) is 5.75 Å². The summed E-state index contributed by atoms with van der Waals surface area (Å²) in [5.74, 6) is 1.53. The van der Waals surface area contributed by atoms with Gasteiger partial charge in [0.15, 0.2) is 11.4 Å². The number of aromatic nitrogens is 2. The van der Waals surface area contributed by atoms with E-state index >= 15 is 0 Å². The number of rotatable bonds is 6. The van der Waals surface area contributed by atoms with E-state index in [1.165, 1.54) is 0 Å². The van der Waals surface area contributed by atoms with Crippen LogP contribution in [0.3, 0.4) is 0 Å². The smallest absolute Gasteiger partial charge is 0.181 e. The van der Waals surface area contributed by atoms with Crippen LogP contribution in [0.4, 0.5) is 11.5 Å². The maximum atomic E-state index is 6.36. The number of hydrogen-bond acceptors (Lipinski definition) is 3. The van der Waals surface area contributed by atoms with Gasteiger partial charge in [-0.15, -0.1) is 0 Å². The van der Waals surface area contributed by atoms with Gasteiger partial charge in [0.25, 0.3) is 0 Å². The number of imidazole rings is 1. The molecule has 0 aliphatic heterocycles. The molecule has 0 amide bonds. The number of pyridine rings is 1. The van der Waals surface area contributed by atoms with Crippen molar-refractivity contribution in [2.45, 2.75) is 20.5 Å². The Morgan fingerprint density at radius 1 is 0.853 bits per heavy atom. The van der Waals surface area contributed by atoms with Crippen LogP contribution in [0.2, 0.25) is 10.0 Å². The number of hydrogen-bond donors (Lipinski definition) is 1. The summed E-state index contributed by atoms with van der Waals surface area (Å²) in [6.07, 6.45) is 1.98. The highest BCUT2D eigenvalue weighted by Gasteiger charge is 2.19. The number of ether oxygens (including phenoxy) is 1. The van der Waals surface area contributed by atoms with Gasteiger partial charge in [-0.3, -0.25) is 4.40 Å². The van der Waals surface area contributed by atoms with E-state index < -0.39 is 0 Å². The number of anilines is 2. The molecule has 0 saturated heterocycles. The predicted octanol–water partition coefficient (Wildman–Crippen LogP) is 8.25. The third-order valence-electron chi connectivity index (χ3n) is 5.77. The van der Waals surface area contributed by atoms with E-state index in [-0.39, 0.29) is 0 Å². The van der Waals surface area contributed by atoms with Crippen LogP contribution in [-0.4, -0.2) is 9.38 Å². The lowest BCUT2D eigenvalue weighted by molar-refractivity contribution is 0.308. The highest BCUT2D eigenvalue weighted by Crippen LogP contribution is 2.37. The molecule has 0 aliphatic carbocycles. The minimum absolute atomic E-state index is 0.454. The second kappa shape index (κ2) is 9.41. The molecule has 2 heterocycles. The summed E-state index contributed by atoms with van der Waals surface area (Å²) >= 11 is 12.6. The maximum Gasteiger partial charge on any atom is 0.181 e. The summed E-state index contributed by atoms with van der Waals surface area (Å²) in [7, 11) is 0. The molecule has 0 unspecified atom stereocenters. The van der Waals surface area contributed by atoms with Crippen LogP contribution in [0.1, 0.15) is 16.7 Å². The molecular weight excluding hydrogens is 465 g/mol. The van der Waals surface area contributed by atoms with E-state index in [0.29, 0.717) is 28.0 Å². The van der Waals surface area contributed by atoms with Gasteiger partial charge in [-0.05, 0) is 54.8 Å². The topological polar surface area (TPSA) is 38.6 Å². The Morgan fingerprint density at radius 3 is 2.35 bits per heavy atom. The fraction of sp³-hybridized carbons (Fsp3) is 0.107. The molecule has 6 heteroatoms. The molecule has 5 aromatic rings. The van der Waals surface area contributed by atoms with Gasteiger partial charge >= 0.3 is 0 Å². The van der Waals surface area contributed by atoms with Crippen molar-refractivity contribution in [2.75, 3.05) is 5.32 Å². The van der Waals surface area contributed by atoms with Gasteiger partial charge < -0.3 is 10.1 Å². The molecule has 2 aromatic heterocycles. The number of benzene rings is 3. The standard InChI is InChI=1S/C28H23Cl2N3O/c1-18-8-6-9-19(2)25(18)31-28-26(21-13-14-22(29)23(30)16-21)32-27-24(12-7-15-33(27)28)34-17-20-10-4-3-5-11-20/h3-16,31H,17H2,1-2H3. The number of para-hydroxylation sites is 1. The van der Waals surface area contributed by atoms with E-state index in [0.717, 1.165) is 39.5 Å². The number of fused-ring (bicyclic) bond motifs is 1. The highest BCUT2D eigenvalue weighted by molar-refractivity contribution is 6.42. The van der Waals surface area contributed by atoms with E-state index in [4.69, 9.17) is 32.9 Å². The lowest BCUT2D eigenvalue weighted by atomic mass is 10.1.